The van der Waals surface area contributed by atoms with Crippen molar-refractivity contribution in [2.75, 3.05) is 0 Å². The van der Waals surface area contributed by atoms with Crippen LogP contribution in [0.3, 0.4) is 0 Å². The summed E-state index contributed by atoms with van der Waals surface area (Å²) in [4.78, 5) is 10.6. The van der Waals surface area contributed by atoms with Gasteiger partial charge in [-0.05, 0) is 15.9 Å². The van der Waals surface area contributed by atoms with Gasteiger partial charge in [0.2, 0.25) is 0 Å². The third kappa shape index (κ3) is 1.31. The predicted octanol–water partition coefficient (Wildman–Crippen LogP) is 1.19. The topological polar surface area (TPSA) is 45.8 Å². The molecular weight excluding hydrogens is 207 g/mol. The van der Waals surface area contributed by atoms with Crippen LogP contribution < -0.4 is 5.56 Å². The Bertz CT molecular complexity index is 272. The van der Waals surface area contributed by atoms with Gasteiger partial charge in [0.15, 0.2) is 0 Å². The Kier molecular flexibility index (Phi) is 1.87. The second-order valence-electron chi connectivity index (χ2n) is 1.36. The van der Waals surface area contributed by atoms with Gasteiger partial charge in [-0.25, -0.2) is 5.10 Å². The molecule has 0 atom stereocenters. The fraction of sp³-hybridized carbons (Fsp3) is 0. The van der Waals surface area contributed by atoms with Crippen LogP contribution in [-0.2, 0) is 0 Å². The maximum atomic E-state index is 10.6. The first-order valence-corrected chi connectivity index (χ1v) is 3.27. The van der Waals surface area contributed by atoms with E-state index in [0.29, 0.717) is 4.47 Å². The smallest absolute Gasteiger partial charge is 0.266 e. The molecule has 0 spiro atoms. The highest BCUT2D eigenvalue weighted by Gasteiger charge is 1.98. The molecule has 0 aliphatic heterocycles. The lowest BCUT2D eigenvalue weighted by Crippen LogP contribution is -2.07. The van der Waals surface area contributed by atoms with Gasteiger partial charge >= 0.3 is 0 Å². The minimum atomic E-state index is -0.383. The zero-order valence-electron chi connectivity index (χ0n) is 4.19. The number of hydrogen-bond donors (Lipinski definition) is 1. The van der Waals surface area contributed by atoms with Crippen molar-refractivity contribution >= 4 is 27.5 Å². The van der Waals surface area contributed by atoms with Gasteiger partial charge in [-0.1, -0.05) is 11.6 Å². The van der Waals surface area contributed by atoms with Gasteiger partial charge < -0.3 is 0 Å². The Morgan fingerprint density at radius 3 is 2.89 bits per heavy atom. The predicted molar refractivity (Wildman–Crippen MR) is 37.6 cm³/mol. The van der Waals surface area contributed by atoms with E-state index in [1.807, 2.05) is 0 Å². The van der Waals surface area contributed by atoms with E-state index in [4.69, 9.17) is 11.6 Å². The molecule has 0 aliphatic carbocycles. The highest BCUT2D eigenvalue weighted by atomic mass is 79.9. The molecule has 1 rings (SSSR count). The molecule has 1 aromatic rings. The van der Waals surface area contributed by atoms with Crippen molar-refractivity contribution < 1.29 is 0 Å². The Balaban J connectivity index is 3.43. The third-order valence-electron chi connectivity index (χ3n) is 0.753. The number of nitrogens with one attached hydrogen (secondary N) is 1. The molecule has 0 fully saturated rings. The molecule has 0 amide bonds. The lowest BCUT2D eigenvalue weighted by atomic mass is 10.6. The SMILES string of the molecule is O=c1[nH]ncc(Br)c1Cl. The summed E-state index contributed by atoms with van der Waals surface area (Å²) in [5, 5.41) is 5.78. The fourth-order valence-corrected chi connectivity index (χ4v) is 0.735. The summed E-state index contributed by atoms with van der Waals surface area (Å²) < 4.78 is 0.507. The van der Waals surface area contributed by atoms with Crippen LogP contribution in [-0.4, -0.2) is 10.2 Å². The Morgan fingerprint density at radius 2 is 2.44 bits per heavy atom. The molecule has 0 saturated carbocycles. The van der Waals surface area contributed by atoms with E-state index in [-0.39, 0.29) is 10.6 Å². The van der Waals surface area contributed by atoms with Gasteiger partial charge in [0.1, 0.15) is 5.02 Å². The molecule has 1 aromatic heterocycles. The number of hydrogen-bond acceptors (Lipinski definition) is 2. The maximum absolute atomic E-state index is 10.6. The summed E-state index contributed by atoms with van der Waals surface area (Å²) in [6, 6.07) is 0. The number of nitrogens with zero attached hydrogens (tertiary/aromatic N) is 1. The quantitative estimate of drug-likeness (QED) is 0.697. The maximum Gasteiger partial charge on any atom is 0.284 e. The summed E-state index contributed by atoms with van der Waals surface area (Å²) in [6.45, 7) is 0. The third-order valence-corrected chi connectivity index (χ3v) is 1.96. The van der Waals surface area contributed by atoms with Crippen LogP contribution in [0, 0.1) is 0 Å². The van der Waals surface area contributed by atoms with E-state index < -0.39 is 0 Å². The summed E-state index contributed by atoms with van der Waals surface area (Å²) in [5.74, 6) is 0. The molecular formula is C4H2BrClN2O. The monoisotopic (exact) mass is 208 g/mol. The van der Waals surface area contributed by atoms with Gasteiger partial charge in [-0.3, -0.25) is 4.79 Å². The van der Waals surface area contributed by atoms with E-state index in [2.05, 4.69) is 26.1 Å². The second kappa shape index (κ2) is 2.49. The largest absolute Gasteiger partial charge is 0.284 e. The van der Waals surface area contributed by atoms with Crippen molar-refractivity contribution in [2.45, 2.75) is 0 Å². The van der Waals surface area contributed by atoms with Crippen molar-refractivity contribution in [1.82, 2.24) is 10.2 Å². The first-order valence-electron chi connectivity index (χ1n) is 2.10. The van der Waals surface area contributed by atoms with Crippen molar-refractivity contribution in [3.63, 3.8) is 0 Å². The molecule has 0 bridgehead atoms. The summed E-state index contributed by atoms with van der Waals surface area (Å²) in [6.07, 6.45) is 1.42. The van der Waals surface area contributed by atoms with Crippen molar-refractivity contribution in [1.29, 1.82) is 0 Å². The average molecular weight is 209 g/mol. The normalized spacial score (nSPS) is 9.56. The zero-order valence-corrected chi connectivity index (χ0v) is 6.53. The van der Waals surface area contributed by atoms with E-state index in [1.165, 1.54) is 6.20 Å². The Hall–Kier alpha value is -0.350. The summed E-state index contributed by atoms with van der Waals surface area (Å²) in [5.41, 5.74) is -0.383. The van der Waals surface area contributed by atoms with Crippen LogP contribution in [0.4, 0.5) is 0 Å². The molecule has 9 heavy (non-hydrogen) atoms. The molecule has 48 valence electrons. The standard InChI is InChI=1S/C4H2BrClN2O/c5-2-1-7-8-4(9)3(2)6/h1H,(H,8,9). The molecule has 1 heterocycles. The number of halogens is 2. The highest BCUT2D eigenvalue weighted by Crippen LogP contribution is 2.14. The molecule has 0 aromatic carbocycles. The van der Waals surface area contributed by atoms with Crippen LogP contribution in [0.15, 0.2) is 15.5 Å². The lowest BCUT2D eigenvalue weighted by molar-refractivity contribution is 0.981. The van der Waals surface area contributed by atoms with Gasteiger partial charge in [-0.15, -0.1) is 0 Å². The molecule has 0 unspecified atom stereocenters. The fourth-order valence-electron chi connectivity index (χ4n) is 0.362. The van der Waals surface area contributed by atoms with Crippen LogP contribution in [0.5, 0.6) is 0 Å². The molecule has 0 aliphatic rings. The van der Waals surface area contributed by atoms with Crippen LogP contribution in [0.2, 0.25) is 5.02 Å². The Morgan fingerprint density at radius 1 is 1.78 bits per heavy atom. The molecule has 1 N–H and O–H groups in total. The van der Waals surface area contributed by atoms with E-state index in [1.54, 1.807) is 0 Å². The second-order valence-corrected chi connectivity index (χ2v) is 2.59. The highest BCUT2D eigenvalue weighted by molar-refractivity contribution is 9.10. The number of aromatic amines is 1. The van der Waals surface area contributed by atoms with Gasteiger partial charge in [0.05, 0.1) is 10.7 Å². The first-order chi connectivity index (χ1) is 4.22. The summed E-state index contributed by atoms with van der Waals surface area (Å²) >= 11 is 8.48. The van der Waals surface area contributed by atoms with Crippen LogP contribution >= 0.6 is 27.5 Å². The average Bonchev–Trinajstić information content (AvgIpc) is 1.83. The molecule has 0 radical (unpaired) electrons. The van der Waals surface area contributed by atoms with Crippen LogP contribution in [0.1, 0.15) is 0 Å². The number of H-pyrrole nitrogens is 1. The zero-order chi connectivity index (χ0) is 6.85. The van der Waals surface area contributed by atoms with Gasteiger partial charge in [0.25, 0.3) is 5.56 Å². The van der Waals surface area contributed by atoms with Crippen LogP contribution in [0.25, 0.3) is 0 Å². The van der Waals surface area contributed by atoms with E-state index >= 15 is 0 Å². The number of aromatic nitrogens is 2. The van der Waals surface area contributed by atoms with Crippen molar-refractivity contribution in [2.24, 2.45) is 0 Å². The minimum absolute atomic E-state index is 0.130. The number of rotatable bonds is 0. The molecule has 5 heteroatoms. The van der Waals surface area contributed by atoms with Crippen molar-refractivity contribution in [3.8, 4) is 0 Å². The first kappa shape index (κ1) is 6.77. The van der Waals surface area contributed by atoms with E-state index in [0.717, 1.165) is 0 Å². The lowest BCUT2D eigenvalue weighted by Gasteiger charge is -1.88. The van der Waals surface area contributed by atoms with Gasteiger partial charge in [-0.2, -0.15) is 5.10 Å². The van der Waals surface area contributed by atoms with Gasteiger partial charge in [0, 0.05) is 0 Å². The molecule has 3 nitrogen and oxygen atoms in total. The van der Waals surface area contributed by atoms with E-state index in [9.17, 15) is 4.79 Å². The Labute approximate surface area is 64.2 Å². The van der Waals surface area contributed by atoms with Crippen molar-refractivity contribution in [3.05, 3.63) is 26.0 Å². The minimum Gasteiger partial charge on any atom is -0.266 e. The summed E-state index contributed by atoms with van der Waals surface area (Å²) in [7, 11) is 0. The molecule has 0 saturated heterocycles.